The molecular formula is C46H38. The van der Waals surface area contributed by atoms with E-state index in [0.717, 1.165) is 12.8 Å². The van der Waals surface area contributed by atoms with E-state index in [9.17, 15) is 0 Å². The Kier molecular flexibility index (Phi) is 7.15. The molecule has 0 radical (unpaired) electrons. The Bertz CT molecular complexity index is 2210. The second kappa shape index (κ2) is 11.6. The van der Waals surface area contributed by atoms with E-state index in [1.807, 2.05) is 0 Å². The molecule has 8 rings (SSSR count). The zero-order chi connectivity index (χ0) is 31.2. The molecule has 0 fully saturated rings. The summed E-state index contributed by atoms with van der Waals surface area (Å²) in [6.45, 7) is 6.93. The van der Waals surface area contributed by atoms with Crippen LogP contribution in [-0.4, -0.2) is 0 Å². The first kappa shape index (κ1) is 28.3. The molecule has 0 saturated heterocycles. The van der Waals surface area contributed by atoms with Crippen molar-refractivity contribution in [3.05, 3.63) is 194 Å². The third-order valence-corrected chi connectivity index (χ3v) is 10.0. The Morgan fingerprint density at radius 1 is 0.587 bits per heavy atom. The molecule has 1 unspecified atom stereocenters. The lowest BCUT2D eigenvalue weighted by Crippen LogP contribution is -2.27. The highest BCUT2D eigenvalue weighted by Gasteiger charge is 2.31. The fourth-order valence-corrected chi connectivity index (χ4v) is 7.92. The highest BCUT2D eigenvalue weighted by Crippen LogP contribution is 2.45. The van der Waals surface area contributed by atoms with Crippen LogP contribution in [0.4, 0.5) is 0 Å². The van der Waals surface area contributed by atoms with Gasteiger partial charge >= 0.3 is 0 Å². The van der Waals surface area contributed by atoms with E-state index in [0.29, 0.717) is 0 Å². The van der Waals surface area contributed by atoms with Gasteiger partial charge in [0.2, 0.25) is 0 Å². The summed E-state index contributed by atoms with van der Waals surface area (Å²) in [6.07, 6.45) is 6.93. The summed E-state index contributed by atoms with van der Waals surface area (Å²) in [6, 6.07) is 49.3. The van der Waals surface area contributed by atoms with Crippen molar-refractivity contribution in [1.82, 2.24) is 0 Å². The van der Waals surface area contributed by atoms with Gasteiger partial charge in [-0.25, -0.2) is 0 Å². The molecule has 222 valence electrons. The number of rotatable bonds is 6. The number of benzene rings is 6. The lowest BCUT2D eigenvalue weighted by Gasteiger charge is -2.23. The van der Waals surface area contributed by atoms with Crippen LogP contribution in [0.5, 0.6) is 0 Å². The maximum absolute atomic E-state index is 2.51. The quantitative estimate of drug-likeness (QED) is 0.181. The third kappa shape index (κ3) is 4.60. The Morgan fingerprint density at radius 2 is 1.26 bits per heavy atom. The number of aryl methyl sites for hydroxylation is 1. The monoisotopic (exact) mass is 590 g/mol. The maximum atomic E-state index is 2.51. The standard InChI is InChI=1S/C46H38/c1-4-31-24-25-38-35(27-31)28-42-41(38)29-43(45(33-18-11-7-12-19-33)34-20-13-8-14-21-34)36(5-2)46(42)44-30(3)26-40-37(22-15-23-39(40)44)32-16-9-6-10-17-32/h6-29,44H,4-5H2,1-3H3. The van der Waals surface area contributed by atoms with Gasteiger partial charge in [0.15, 0.2) is 0 Å². The highest BCUT2D eigenvalue weighted by atomic mass is 14.3. The molecule has 2 aliphatic carbocycles. The molecule has 0 N–H and O–H groups in total. The van der Waals surface area contributed by atoms with E-state index in [2.05, 4.69) is 166 Å². The zero-order valence-corrected chi connectivity index (χ0v) is 26.8. The first-order valence-corrected chi connectivity index (χ1v) is 16.7. The average Bonchev–Trinajstić information content (AvgIpc) is 3.65. The van der Waals surface area contributed by atoms with E-state index in [4.69, 9.17) is 0 Å². The van der Waals surface area contributed by atoms with Gasteiger partial charge in [0.1, 0.15) is 0 Å². The van der Waals surface area contributed by atoms with Crippen LogP contribution < -0.4 is 10.4 Å². The number of hydrogen-bond donors (Lipinski definition) is 0. The second-order valence-electron chi connectivity index (χ2n) is 12.7. The Morgan fingerprint density at radius 3 is 1.91 bits per heavy atom. The summed E-state index contributed by atoms with van der Waals surface area (Å²) in [5.74, 6) is 0.186. The second-order valence-corrected chi connectivity index (χ2v) is 12.7. The Balaban J connectivity index is 1.50. The van der Waals surface area contributed by atoms with Crippen molar-refractivity contribution in [2.75, 3.05) is 0 Å². The van der Waals surface area contributed by atoms with Gasteiger partial charge in [-0.2, -0.15) is 0 Å². The number of fused-ring (bicyclic) bond motifs is 4. The molecule has 0 aromatic heterocycles. The van der Waals surface area contributed by atoms with Gasteiger partial charge in [0.25, 0.3) is 0 Å². The van der Waals surface area contributed by atoms with E-state index in [-0.39, 0.29) is 5.92 Å². The maximum Gasteiger partial charge on any atom is 0.0314 e. The van der Waals surface area contributed by atoms with Crippen molar-refractivity contribution in [3.8, 4) is 22.3 Å². The van der Waals surface area contributed by atoms with Gasteiger partial charge in [-0.15, -0.1) is 0 Å². The van der Waals surface area contributed by atoms with Crippen LogP contribution in [0.1, 0.15) is 71.2 Å². The summed E-state index contributed by atoms with van der Waals surface area (Å²) in [5, 5.41) is 2.73. The van der Waals surface area contributed by atoms with Crippen LogP contribution in [0.2, 0.25) is 0 Å². The molecule has 46 heavy (non-hydrogen) atoms. The van der Waals surface area contributed by atoms with Crippen molar-refractivity contribution in [3.63, 3.8) is 0 Å². The van der Waals surface area contributed by atoms with E-state index < -0.39 is 0 Å². The Labute approximate surface area is 272 Å². The smallest absolute Gasteiger partial charge is 0.0314 e. The summed E-state index contributed by atoms with van der Waals surface area (Å²) >= 11 is 0. The van der Waals surface area contributed by atoms with Crippen molar-refractivity contribution in [2.45, 2.75) is 39.5 Å². The minimum Gasteiger partial charge on any atom is -0.0622 e. The van der Waals surface area contributed by atoms with Crippen LogP contribution >= 0.6 is 0 Å². The fourth-order valence-electron chi connectivity index (χ4n) is 7.92. The lowest BCUT2D eigenvalue weighted by molar-refractivity contribution is 0.923. The molecule has 6 aromatic carbocycles. The average molecular weight is 591 g/mol. The molecule has 0 heteroatoms. The SMILES string of the molecule is CCc1ccc2c(c1)C=c1c-2cc(=C(c2ccccc2)c2ccccc2)c(CC)c1C1C(C)=Cc2c(-c3ccccc3)cccc21. The zero-order valence-electron chi connectivity index (χ0n) is 26.8. The summed E-state index contributed by atoms with van der Waals surface area (Å²) < 4.78 is 0. The summed E-state index contributed by atoms with van der Waals surface area (Å²) in [7, 11) is 0. The van der Waals surface area contributed by atoms with Crippen molar-refractivity contribution >= 4 is 17.7 Å². The van der Waals surface area contributed by atoms with Crippen molar-refractivity contribution in [1.29, 1.82) is 0 Å². The van der Waals surface area contributed by atoms with Crippen LogP contribution in [0, 0.1) is 0 Å². The van der Waals surface area contributed by atoms with E-state index >= 15 is 0 Å². The van der Waals surface area contributed by atoms with E-state index in [1.165, 1.54) is 88.3 Å². The van der Waals surface area contributed by atoms with Gasteiger partial charge < -0.3 is 0 Å². The topological polar surface area (TPSA) is 0 Å². The molecule has 2 aliphatic rings. The molecule has 0 nitrogen and oxygen atoms in total. The summed E-state index contributed by atoms with van der Waals surface area (Å²) in [5.41, 5.74) is 18.9. The predicted molar refractivity (Wildman–Crippen MR) is 195 cm³/mol. The molecule has 6 aromatic rings. The lowest BCUT2D eigenvalue weighted by atomic mass is 9.80. The molecule has 0 heterocycles. The molecule has 1 atom stereocenters. The van der Waals surface area contributed by atoms with Gasteiger partial charge in [-0.3, -0.25) is 0 Å². The Hall–Kier alpha value is -5.20. The molecule has 0 spiro atoms. The number of hydrogen-bond acceptors (Lipinski definition) is 0. The molecule has 0 saturated carbocycles. The fraction of sp³-hybridized carbons (Fsp3) is 0.130. The first-order chi connectivity index (χ1) is 22.7. The minimum absolute atomic E-state index is 0.186. The van der Waals surface area contributed by atoms with Crippen LogP contribution in [-0.2, 0) is 12.8 Å². The first-order valence-electron chi connectivity index (χ1n) is 16.7. The van der Waals surface area contributed by atoms with Gasteiger partial charge in [0, 0.05) is 5.92 Å². The van der Waals surface area contributed by atoms with Gasteiger partial charge in [0.05, 0.1) is 0 Å². The van der Waals surface area contributed by atoms with Crippen molar-refractivity contribution in [2.24, 2.45) is 0 Å². The largest absolute Gasteiger partial charge is 0.0622 e. The minimum atomic E-state index is 0.186. The normalized spacial score (nSPS) is 14.2. The van der Waals surface area contributed by atoms with Crippen molar-refractivity contribution < 1.29 is 0 Å². The third-order valence-electron chi connectivity index (χ3n) is 10.0. The predicted octanol–water partition coefficient (Wildman–Crippen LogP) is 10.1. The summed E-state index contributed by atoms with van der Waals surface area (Å²) in [4.78, 5) is 0. The van der Waals surface area contributed by atoms with Crippen LogP contribution in [0.3, 0.4) is 0 Å². The van der Waals surface area contributed by atoms with Crippen LogP contribution in [0.25, 0.3) is 40.0 Å². The number of allylic oxidation sites excluding steroid dienone is 1. The van der Waals surface area contributed by atoms with E-state index in [1.54, 1.807) is 0 Å². The van der Waals surface area contributed by atoms with Gasteiger partial charge in [-0.1, -0.05) is 153 Å². The molecule has 0 amide bonds. The molecule has 0 bridgehead atoms. The highest BCUT2D eigenvalue weighted by molar-refractivity contribution is 5.89. The van der Waals surface area contributed by atoms with Gasteiger partial charge in [-0.05, 0) is 115 Å². The van der Waals surface area contributed by atoms with Crippen LogP contribution in [0.15, 0.2) is 139 Å². The molecular weight excluding hydrogens is 553 g/mol. The molecule has 0 aliphatic heterocycles.